The molecule has 0 radical (unpaired) electrons. The molecule has 0 aliphatic rings. The van der Waals surface area contributed by atoms with Crippen molar-refractivity contribution in [1.82, 2.24) is 4.98 Å². The highest BCUT2D eigenvalue weighted by atomic mass is 32.1. The molecule has 0 aliphatic heterocycles. The Morgan fingerprint density at radius 3 is 2.61 bits per heavy atom. The molecule has 0 saturated carbocycles. The van der Waals surface area contributed by atoms with Crippen LogP contribution in [-0.4, -0.2) is 16.8 Å². The van der Waals surface area contributed by atoms with Crippen LogP contribution in [0.4, 0.5) is 5.13 Å². The molecule has 2 heterocycles. The average molecular weight is 281 g/mol. The van der Waals surface area contributed by atoms with E-state index in [-0.39, 0.29) is 11.6 Å². The van der Waals surface area contributed by atoms with E-state index in [1.165, 1.54) is 16.7 Å². The lowest BCUT2D eigenvalue weighted by Crippen LogP contribution is -2.14. The average Bonchev–Trinajstić information content (AvgIpc) is 2.85. The molecule has 0 atom stereocenters. The number of aryl methyl sites for hydroxylation is 2. The number of nitrogens with two attached hydrogens (primary N) is 1. The van der Waals surface area contributed by atoms with E-state index in [2.05, 4.69) is 10.3 Å². The fourth-order valence-corrected chi connectivity index (χ4v) is 3.08. The molecule has 3 N–H and O–H groups in total. The number of carbonyl (C=O) groups is 2. The third-order valence-corrected chi connectivity index (χ3v) is 3.99. The molecule has 0 spiro atoms. The Balaban J connectivity index is 2.16. The van der Waals surface area contributed by atoms with Gasteiger partial charge < -0.3 is 5.73 Å². The number of hydrogen-bond donors (Lipinski definition) is 2. The molecule has 2 amide bonds. The number of anilines is 1. The molecule has 94 valence electrons. The lowest BCUT2D eigenvalue weighted by Gasteiger charge is -1.99. The molecule has 5 nitrogen and oxygen atoms in total. The molecular weight excluding hydrogens is 270 g/mol. The highest BCUT2D eigenvalue weighted by Crippen LogP contribution is 2.22. The highest BCUT2D eigenvalue weighted by molar-refractivity contribution is 7.14. The molecular formula is C11H11N3O2S2. The van der Waals surface area contributed by atoms with Gasteiger partial charge in [-0.05, 0) is 19.9 Å². The number of thiophene rings is 1. The maximum atomic E-state index is 12.0. The zero-order valence-corrected chi connectivity index (χ0v) is 11.4. The first-order chi connectivity index (χ1) is 8.47. The van der Waals surface area contributed by atoms with Crippen molar-refractivity contribution in [2.75, 3.05) is 5.32 Å². The third kappa shape index (κ3) is 2.57. The number of nitrogens with one attached hydrogen (secondary N) is 1. The number of carbonyl (C=O) groups excluding carboxylic acids is 2. The van der Waals surface area contributed by atoms with E-state index in [0.29, 0.717) is 10.7 Å². The van der Waals surface area contributed by atoms with E-state index in [1.54, 1.807) is 11.3 Å². The van der Waals surface area contributed by atoms with E-state index in [9.17, 15) is 9.59 Å². The van der Waals surface area contributed by atoms with Gasteiger partial charge in [-0.15, -0.1) is 22.7 Å². The Morgan fingerprint density at radius 1 is 1.39 bits per heavy atom. The van der Waals surface area contributed by atoms with Gasteiger partial charge in [0.1, 0.15) is 5.69 Å². The first-order valence-electron chi connectivity index (χ1n) is 5.11. The standard InChI is InChI=1S/C11H11N3O2S2/c1-5-3-7(6(2)18-5)10(16)14-11-13-8(4-17-11)9(12)15/h3-4H,1-2H3,(H2,12,15)(H,13,14,16). The quantitative estimate of drug-likeness (QED) is 0.904. The summed E-state index contributed by atoms with van der Waals surface area (Å²) in [6, 6.07) is 1.83. The molecule has 18 heavy (non-hydrogen) atoms. The van der Waals surface area contributed by atoms with Gasteiger partial charge in [-0.2, -0.15) is 0 Å². The van der Waals surface area contributed by atoms with Crippen molar-refractivity contribution in [1.29, 1.82) is 0 Å². The Bertz CT molecular complexity index is 616. The largest absolute Gasteiger partial charge is 0.364 e. The molecule has 0 unspecified atom stereocenters. The van der Waals surface area contributed by atoms with Gasteiger partial charge in [0.25, 0.3) is 11.8 Å². The summed E-state index contributed by atoms with van der Waals surface area (Å²) in [5, 5.41) is 4.54. The predicted molar refractivity (Wildman–Crippen MR) is 72.4 cm³/mol. The molecule has 2 aromatic heterocycles. The molecule has 0 aromatic carbocycles. The number of primary amides is 1. The van der Waals surface area contributed by atoms with Crippen LogP contribution in [0.15, 0.2) is 11.4 Å². The van der Waals surface area contributed by atoms with Crippen molar-refractivity contribution < 1.29 is 9.59 Å². The van der Waals surface area contributed by atoms with Crippen molar-refractivity contribution in [2.24, 2.45) is 5.73 Å². The number of hydrogen-bond acceptors (Lipinski definition) is 5. The monoisotopic (exact) mass is 281 g/mol. The van der Waals surface area contributed by atoms with Crippen LogP contribution in [0, 0.1) is 13.8 Å². The summed E-state index contributed by atoms with van der Waals surface area (Å²) >= 11 is 2.74. The number of nitrogens with zero attached hydrogens (tertiary/aromatic N) is 1. The SMILES string of the molecule is Cc1cc(C(=O)Nc2nc(C(N)=O)cs2)c(C)s1. The fourth-order valence-electron chi connectivity index (χ4n) is 1.47. The summed E-state index contributed by atoms with van der Waals surface area (Å²) in [6.45, 7) is 3.84. The predicted octanol–water partition coefficient (Wildman–Crippen LogP) is 2.17. The van der Waals surface area contributed by atoms with Crippen LogP contribution in [0.25, 0.3) is 0 Å². The van der Waals surface area contributed by atoms with E-state index in [4.69, 9.17) is 5.73 Å². The van der Waals surface area contributed by atoms with Crippen molar-refractivity contribution in [3.05, 3.63) is 32.5 Å². The minimum atomic E-state index is -0.602. The smallest absolute Gasteiger partial charge is 0.268 e. The summed E-state index contributed by atoms with van der Waals surface area (Å²) in [5.74, 6) is -0.823. The van der Waals surface area contributed by atoms with Crippen LogP contribution in [-0.2, 0) is 0 Å². The lowest BCUT2D eigenvalue weighted by atomic mass is 10.2. The van der Waals surface area contributed by atoms with Crippen LogP contribution >= 0.6 is 22.7 Å². The second-order valence-electron chi connectivity index (χ2n) is 3.68. The summed E-state index contributed by atoms with van der Waals surface area (Å²) in [7, 11) is 0. The van der Waals surface area contributed by atoms with Gasteiger partial charge in [0.2, 0.25) is 0 Å². The molecule has 0 bridgehead atoms. The van der Waals surface area contributed by atoms with Crippen molar-refractivity contribution in [3.63, 3.8) is 0 Å². The minimum Gasteiger partial charge on any atom is -0.364 e. The summed E-state index contributed by atoms with van der Waals surface area (Å²) in [4.78, 5) is 28.8. The van der Waals surface area contributed by atoms with Gasteiger partial charge in [-0.1, -0.05) is 0 Å². The molecule has 0 saturated heterocycles. The topological polar surface area (TPSA) is 85.1 Å². The van der Waals surface area contributed by atoms with Crippen molar-refractivity contribution >= 4 is 39.6 Å². The lowest BCUT2D eigenvalue weighted by molar-refractivity contribution is 0.0992. The Labute approximate surface area is 112 Å². The number of thiazole rings is 1. The van der Waals surface area contributed by atoms with Gasteiger partial charge >= 0.3 is 0 Å². The van der Waals surface area contributed by atoms with Gasteiger partial charge in [0.05, 0.1) is 5.56 Å². The Hall–Kier alpha value is -1.73. The zero-order chi connectivity index (χ0) is 13.3. The van der Waals surface area contributed by atoms with Crippen LogP contribution < -0.4 is 11.1 Å². The highest BCUT2D eigenvalue weighted by Gasteiger charge is 2.14. The van der Waals surface area contributed by atoms with Crippen LogP contribution in [0.1, 0.15) is 30.6 Å². The van der Waals surface area contributed by atoms with Crippen LogP contribution in [0.3, 0.4) is 0 Å². The molecule has 7 heteroatoms. The van der Waals surface area contributed by atoms with E-state index >= 15 is 0 Å². The first kappa shape index (κ1) is 12.7. The maximum absolute atomic E-state index is 12.0. The summed E-state index contributed by atoms with van der Waals surface area (Å²) in [5.41, 5.74) is 5.88. The van der Waals surface area contributed by atoms with Gasteiger partial charge in [-0.25, -0.2) is 4.98 Å². The van der Waals surface area contributed by atoms with E-state index in [0.717, 1.165) is 9.75 Å². The Kier molecular flexibility index (Phi) is 3.44. The number of amides is 2. The molecule has 2 aromatic rings. The molecule has 0 aliphatic carbocycles. The van der Waals surface area contributed by atoms with E-state index in [1.807, 2.05) is 19.9 Å². The normalized spacial score (nSPS) is 10.3. The third-order valence-electron chi connectivity index (χ3n) is 2.26. The molecule has 2 rings (SSSR count). The molecule has 0 fully saturated rings. The second kappa shape index (κ2) is 4.87. The summed E-state index contributed by atoms with van der Waals surface area (Å²) < 4.78 is 0. The van der Waals surface area contributed by atoms with Gasteiger partial charge in [-0.3, -0.25) is 14.9 Å². The van der Waals surface area contributed by atoms with Gasteiger partial charge in [0.15, 0.2) is 5.13 Å². The van der Waals surface area contributed by atoms with Crippen molar-refractivity contribution in [3.8, 4) is 0 Å². The number of rotatable bonds is 3. The van der Waals surface area contributed by atoms with Crippen LogP contribution in [0.2, 0.25) is 0 Å². The maximum Gasteiger partial charge on any atom is 0.268 e. The first-order valence-corrected chi connectivity index (χ1v) is 6.80. The number of aromatic nitrogens is 1. The van der Waals surface area contributed by atoms with Crippen molar-refractivity contribution in [2.45, 2.75) is 13.8 Å². The van der Waals surface area contributed by atoms with Gasteiger partial charge in [0, 0.05) is 15.1 Å². The van der Waals surface area contributed by atoms with Crippen LogP contribution in [0.5, 0.6) is 0 Å². The fraction of sp³-hybridized carbons (Fsp3) is 0.182. The van der Waals surface area contributed by atoms with E-state index < -0.39 is 5.91 Å². The Morgan fingerprint density at radius 2 is 2.11 bits per heavy atom. The summed E-state index contributed by atoms with van der Waals surface area (Å²) in [6.07, 6.45) is 0. The zero-order valence-electron chi connectivity index (χ0n) is 9.81. The minimum absolute atomic E-state index is 0.161. The second-order valence-corrected chi connectivity index (χ2v) is 6.00.